The molecule has 146 valence electrons. The lowest BCUT2D eigenvalue weighted by Crippen LogP contribution is -2.20. The van der Waals surface area contributed by atoms with E-state index in [1.54, 1.807) is 24.3 Å². The van der Waals surface area contributed by atoms with Gasteiger partial charge in [0, 0.05) is 5.75 Å². The maximum atomic E-state index is 13.9. The number of fused-ring (bicyclic) bond motifs is 1. The van der Waals surface area contributed by atoms with Crippen LogP contribution < -0.4 is 4.74 Å². The van der Waals surface area contributed by atoms with Crippen LogP contribution >= 0.6 is 11.8 Å². The third-order valence-corrected chi connectivity index (χ3v) is 5.26. The highest BCUT2D eigenvalue weighted by Gasteiger charge is 2.18. The molecule has 0 unspecified atom stereocenters. The van der Waals surface area contributed by atoms with Crippen LogP contribution in [0.4, 0.5) is 8.78 Å². The topological polar surface area (TPSA) is 44.1 Å². The molecule has 1 heterocycles. The van der Waals surface area contributed by atoms with Crippen LogP contribution in [0.5, 0.6) is 5.75 Å². The Balaban J connectivity index is 1.58. The average Bonchev–Trinajstić information content (AvgIpc) is 3.11. The number of ether oxygens (including phenoxy) is 1. The lowest BCUT2D eigenvalue weighted by molar-refractivity contribution is 0.0832. The quantitative estimate of drug-likeness (QED) is 0.403. The average molecular weight is 410 g/mol. The Morgan fingerprint density at radius 2 is 1.69 bits per heavy atom. The number of aromatic nitrogens is 2. The molecule has 4 nitrogen and oxygen atoms in total. The van der Waals surface area contributed by atoms with Crippen molar-refractivity contribution in [1.29, 1.82) is 0 Å². The molecule has 0 aliphatic rings. The van der Waals surface area contributed by atoms with E-state index >= 15 is 0 Å². The van der Waals surface area contributed by atoms with E-state index in [1.165, 1.54) is 46.7 Å². The molecule has 0 aliphatic heterocycles. The summed E-state index contributed by atoms with van der Waals surface area (Å²) in [5, 5.41) is 0.460. The molecule has 0 atom stereocenters. The fourth-order valence-electron chi connectivity index (χ4n) is 2.84. The summed E-state index contributed by atoms with van der Waals surface area (Å²) in [5.74, 6) is -0.268. The second-order valence-electron chi connectivity index (χ2n) is 6.23. The zero-order valence-corrected chi connectivity index (χ0v) is 16.0. The van der Waals surface area contributed by atoms with Crippen LogP contribution in [0.25, 0.3) is 11.0 Å². The summed E-state index contributed by atoms with van der Waals surface area (Å²) >= 11 is 1.28. The number of halogens is 2. The van der Waals surface area contributed by atoms with E-state index in [0.717, 1.165) is 0 Å². The second kappa shape index (κ2) is 8.45. The molecule has 4 rings (SSSR count). The molecule has 0 saturated carbocycles. The van der Waals surface area contributed by atoms with Gasteiger partial charge in [-0.1, -0.05) is 42.1 Å². The largest absolute Gasteiger partial charge is 0.484 e. The van der Waals surface area contributed by atoms with Crippen molar-refractivity contribution in [2.75, 3.05) is 6.61 Å². The summed E-state index contributed by atoms with van der Waals surface area (Å²) in [5.41, 5.74) is 1.85. The lowest BCUT2D eigenvalue weighted by atomic mass is 10.2. The van der Waals surface area contributed by atoms with Gasteiger partial charge in [0.05, 0.1) is 11.0 Å². The third kappa shape index (κ3) is 4.30. The molecule has 4 aromatic rings. The van der Waals surface area contributed by atoms with Gasteiger partial charge >= 0.3 is 0 Å². The van der Waals surface area contributed by atoms with Crippen molar-refractivity contribution in [1.82, 2.24) is 9.55 Å². The van der Waals surface area contributed by atoms with Crippen molar-refractivity contribution in [2.24, 2.45) is 0 Å². The maximum Gasteiger partial charge on any atom is 0.271 e. The number of rotatable bonds is 6. The minimum Gasteiger partial charge on any atom is -0.484 e. The summed E-state index contributed by atoms with van der Waals surface area (Å²) < 4.78 is 33.9. The van der Waals surface area contributed by atoms with Crippen LogP contribution in [-0.4, -0.2) is 22.1 Å². The van der Waals surface area contributed by atoms with Crippen molar-refractivity contribution < 1.29 is 18.3 Å². The predicted molar refractivity (Wildman–Crippen MR) is 108 cm³/mol. The first-order valence-corrected chi connectivity index (χ1v) is 9.85. The summed E-state index contributed by atoms with van der Waals surface area (Å²) in [6.07, 6.45) is 0. The Morgan fingerprint density at radius 1 is 0.966 bits per heavy atom. The molecule has 0 saturated heterocycles. The van der Waals surface area contributed by atoms with Gasteiger partial charge in [-0.25, -0.2) is 13.8 Å². The highest BCUT2D eigenvalue weighted by molar-refractivity contribution is 7.98. The van der Waals surface area contributed by atoms with Crippen molar-refractivity contribution in [2.45, 2.75) is 10.9 Å². The van der Waals surface area contributed by atoms with Crippen molar-refractivity contribution in [3.63, 3.8) is 0 Å². The van der Waals surface area contributed by atoms with Crippen LogP contribution in [0.2, 0.25) is 0 Å². The number of para-hydroxylation sites is 2. The molecular weight excluding hydrogens is 394 g/mol. The minimum atomic E-state index is -0.379. The molecule has 0 bridgehead atoms. The van der Waals surface area contributed by atoms with E-state index in [-0.39, 0.29) is 24.1 Å². The first kappa shape index (κ1) is 19.1. The molecule has 1 aromatic heterocycles. The summed E-state index contributed by atoms with van der Waals surface area (Å²) in [7, 11) is 0. The molecule has 0 radical (unpaired) electrons. The first-order chi connectivity index (χ1) is 14.1. The third-order valence-electron chi connectivity index (χ3n) is 4.27. The number of carbonyl (C=O) groups is 1. The van der Waals surface area contributed by atoms with E-state index in [1.807, 2.05) is 18.2 Å². The van der Waals surface area contributed by atoms with Gasteiger partial charge in [0.2, 0.25) is 0 Å². The Labute approximate surface area is 170 Å². The number of thioether (sulfide) groups is 1. The molecule has 0 aliphatic carbocycles. The summed E-state index contributed by atoms with van der Waals surface area (Å²) in [6.45, 7) is -0.237. The number of imidazole rings is 1. The molecule has 3 aromatic carbocycles. The molecule has 0 spiro atoms. The number of benzene rings is 3. The van der Waals surface area contributed by atoms with Gasteiger partial charge in [-0.2, -0.15) is 0 Å². The monoisotopic (exact) mass is 410 g/mol. The molecule has 0 amide bonds. The van der Waals surface area contributed by atoms with Gasteiger partial charge in [-0.05, 0) is 48.0 Å². The maximum absolute atomic E-state index is 13.9. The lowest BCUT2D eigenvalue weighted by Gasteiger charge is -2.09. The van der Waals surface area contributed by atoms with Gasteiger partial charge in [0.25, 0.3) is 5.91 Å². The van der Waals surface area contributed by atoms with Crippen LogP contribution in [0.15, 0.2) is 78.0 Å². The fourth-order valence-corrected chi connectivity index (χ4v) is 3.85. The van der Waals surface area contributed by atoms with Gasteiger partial charge in [-0.3, -0.25) is 9.36 Å². The normalized spacial score (nSPS) is 11.0. The van der Waals surface area contributed by atoms with Crippen molar-refractivity contribution in [3.8, 4) is 5.75 Å². The smallest absolute Gasteiger partial charge is 0.271 e. The standard InChI is InChI=1S/C22H16F2N2O2S/c23-16-9-11-17(12-10-16)28-13-21(27)26-20-8-4-3-7-19(20)25-22(26)29-14-15-5-1-2-6-18(15)24/h1-12H,13-14H2. The Kier molecular flexibility index (Phi) is 5.57. The van der Waals surface area contributed by atoms with Crippen LogP contribution in [-0.2, 0) is 5.75 Å². The summed E-state index contributed by atoms with van der Waals surface area (Å²) in [4.78, 5) is 17.4. The van der Waals surface area contributed by atoms with E-state index in [4.69, 9.17) is 4.74 Å². The number of hydrogen-bond acceptors (Lipinski definition) is 4. The highest BCUT2D eigenvalue weighted by Crippen LogP contribution is 2.27. The number of nitrogens with zero attached hydrogens (tertiary/aromatic N) is 2. The van der Waals surface area contributed by atoms with Crippen molar-refractivity contribution >= 4 is 28.7 Å². The summed E-state index contributed by atoms with van der Waals surface area (Å²) in [6, 6.07) is 19.2. The second-order valence-corrected chi connectivity index (χ2v) is 7.18. The first-order valence-electron chi connectivity index (χ1n) is 8.87. The van der Waals surface area contributed by atoms with Gasteiger partial charge in [0.15, 0.2) is 11.8 Å². The van der Waals surface area contributed by atoms with Crippen LogP contribution in [0.3, 0.4) is 0 Å². The molecule has 29 heavy (non-hydrogen) atoms. The zero-order valence-electron chi connectivity index (χ0n) is 15.2. The van der Waals surface area contributed by atoms with Crippen molar-refractivity contribution in [3.05, 3.63) is 90.0 Å². The van der Waals surface area contributed by atoms with E-state index in [9.17, 15) is 13.6 Å². The molecule has 7 heteroatoms. The van der Waals surface area contributed by atoms with Crippen LogP contribution in [0, 0.1) is 11.6 Å². The number of carbonyl (C=O) groups excluding carboxylic acids is 1. The SMILES string of the molecule is O=C(COc1ccc(F)cc1)n1c(SCc2ccccc2F)nc2ccccc21. The Morgan fingerprint density at radius 3 is 2.48 bits per heavy atom. The zero-order chi connectivity index (χ0) is 20.2. The number of hydrogen-bond donors (Lipinski definition) is 0. The van der Waals surface area contributed by atoms with E-state index in [0.29, 0.717) is 33.3 Å². The molecule has 0 fully saturated rings. The van der Waals surface area contributed by atoms with Gasteiger partial charge < -0.3 is 4.74 Å². The van der Waals surface area contributed by atoms with Crippen LogP contribution in [0.1, 0.15) is 10.4 Å². The molecular formula is C22H16F2N2O2S. The van der Waals surface area contributed by atoms with Gasteiger partial charge in [-0.15, -0.1) is 0 Å². The van der Waals surface area contributed by atoms with Gasteiger partial charge in [0.1, 0.15) is 17.4 Å². The highest BCUT2D eigenvalue weighted by atomic mass is 32.2. The molecule has 0 N–H and O–H groups in total. The fraction of sp³-hybridized carbons (Fsp3) is 0.0909. The Bertz CT molecular complexity index is 1160. The predicted octanol–water partition coefficient (Wildman–Crippen LogP) is 5.33. The van der Waals surface area contributed by atoms with E-state index in [2.05, 4.69) is 4.98 Å². The van der Waals surface area contributed by atoms with E-state index < -0.39 is 0 Å². The Hall–Kier alpha value is -3.19. The minimum absolute atomic E-state index is 0.237.